The van der Waals surface area contributed by atoms with Gasteiger partial charge in [0.15, 0.2) is 17.6 Å². The monoisotopic (exact) mass is 417 g/mol. The Labute approximate surface area is 175 Å². The van der Waals surface area contributed by atoms with Crippen molar-refractivity contribution in [2.45, 2.75) is 43.6 Å². The van der Waals surface area contributed by atoms with E-state index in [0.29, 0.717) is 11.5 Å². The first-order valence-corrected chi connectivity index (χ1v) is 10.1. The molecule has 7 heteroatoms. The second-order valence-electron chi connectivity index (χ2n) is 6.56. The summed E-state index contributed by atoms with van der Waals surface area (Å²) in [6.07, 6.45) is -0.885. The van der Waals surface area contributed by atoms with Crippen LogP contribution >= 0.6 is 11.8 Å². The van der Waals surface area contributed by atoms with Crippen molar-refractivity contribution >= 4 is 23.6 Å². The van der Waals surface area contributed by atoms with Gasteiger partial charge in [-0.3, -0.25) is 9.59 Å². The average molecular weight is 418 g/mol. The number of benzene rings is 2. The Kier molecular flexibility index (Phi) is 8.39. The minimum Gasteiger partial charge on any atom is -0.493 e. The fraction of sp³-hybridized carbons (Fsp3) is 0.364. The summed E-state index contributed by atoms with van der Waals surface area (Å²) in [4.78, 5) is 25.6. The predicted octanol–water partition coefficient (Wildman–Crippen LogP) is 3.74. The van der Waals surface area contributed by atoms with Gasteiger partial charge in [0.25, 0.3) is 5.91 Å². The van der Waals surface area contributed by atoms with Gasteiger partial charge in [0.2, 0.25) is 0 Å². The maximum absolute atomic E-state index is 12.3. The number of carbonyl (C=O) groups excluding carboxylic acids is 2. The number of rotatable bonds is 9. The molecule has 0 heterocycles. The van der Waals surface area contributed by atoms with Gasteiger partial charge in [-0.15, -0.1) is 11.8 Å². The van der Waals surface area contributed by atoms with Crippen LogP contribution in [0.25, 0.3) is 0 Å². The van der Waals surface area contributed by atoms with E-state index in [-0.39, 0.29) is 12.5 Å². The lowest BCUT2D eigenvalue weighted by Crippen LogP contribution is -2.36. The maximum Gasteiger partial charge on any atom is 0.319 e. The van der Waals surface area contributed by atoms with Crippen LogP contribution in [-0.4, -0.2) is 37.4 Å². The summed E-state index contributed by atoms with van der Waals surface area (Å²) in [7, 11) is 3.12. The number of hydrogen-bond acceptors (Lipinski definition) is 6. The number of nitrogens with one attached hydrogen (secondary N) is 1. The molecule has 29 heavy (non-hydrogen) atoms. The van der Waals surface area contributed by atoms with Gasteiger partial charge < -0.3 is 19.5 Å². The lowest BCUT2D eigenvalue weighted by Gasteiger charge is -2.17. The third-order valence-electron chi connectivity index (χ3n) is 4.24. The summed E-state index contributed by atoms with van der Waals surface area (Å²) < 4.78 is 15.8. The fourth-order valence-corrected chi connectivity index (χ4v) is 3.37. The zero-order chi connectivity index (χ0) is 21.4. The number of ether oxygens (including phenoxy) is 3. The Morgan fingerprint density at radius 2 is 1.66 bits per heavy atom. The SMILES string of the molecule is COc1ccc(CNC(=O)[C@@H](C)OC(=O)[C@@H](C)Sc2ccc(C)cc2)cc1OC. The number of thioether (sulfide) groups is 1. The van der Waals surface area contributed by atoms with Crippen LogP contribution < -0.4 is 14.8 Å². The molecule has 0 radical (unpaired) electrons. The Bertz CT molecular complexity index is 838. The number of methoxy groups -OCH3 is 2. The van der Waals surface area contributed by atoms with Gasteiger partial charge in [0.05, 0.1) is 14.2 Å². The second kappa shape index (κ2) is 10.8. The third kappa shape index (κ3) is 6.71. The zero-order valence-electron chi connectivity index (χ0n) is 17.4. The first-order valence-electron chi connectivity index (χ1n) is 9.26. The molecule has 0 aliphatic rings. The molecule has 1 N–H and O–H groups in total. The summed E-state index contributed by atoms with van der Waals surface area (Å²) >= 11 is 1.40. The molecule has 0 fully saturated rings. The molecule has 156 valence electrons. The van der Waals surface area contributed by atoms with Gasteiger partial charge in [-0.05, 0) is 50.6 Å². The lowest BCUT2D eigenvalue weighted by molar-refractivity contribution is -0.154. The first kappa shape index (κ1) is 22.6. The smallest absolute Gasteiger partial charge is 0.319 e. The molecule has 0 aromatic heterocycles. The van der Waals surface area contributed by atoms with Crippen LogP contribution in [-0.2, 0) is 20.9 Å². The van der Waals surface area contributed by atoms with Crippen molar-refractivity contribution in [3.8, 4) is 11.5 Å². The van der Waals surface area contributed by atoms with Crippen LogP contribution in [0.3, 0.4) is 0 Å². The maximum atomic E-state index is 12.3. The molecule has 6 nitrogen and oxygen atoms in total. The quantitative estimate of drug-likeness (QED) is 0.495. The molecule has 2 aromatic carbocycles. The van der Waals surface area contributed by atoms with Crippen molar-refractivity contribution in [2.75, 3.05) is 14.2 Å². The highest BCUT2D eigenvalue weighted by atomic mass is 32.2. The summed E-state index contributed by atoms with van der Waals surface area (Å²) in [5.74, 6) is 0.413. The Hall–Kier alpha value is -2.67. The van der Waals surface area contributed by atoms with Gasteiger partial charge in [0.1, 0.15) is 5.25 Å². The van der Waals surface area contributed by atoms with Crippen LogP contribution in [0.15, 0.2) is 47.4 Å². The molecular weight excluding hydrogens is 390 g/mol. The van der Waals surface area contributed by atoms with E-state index in [1.807, 2.05) is 37.3 Å². The highest BCUT2D eigenvalue weighted by Gasteiger charge is 2.22. The van der Waals surface area contributed by atoms with E-state index in [4.69, 9.17) is 14.2 Å². The molecule has 2 rings (SSSR count). The minimum atomic E-state index is -0.885. The van der Waals surface area contributed by atoms with Crippen molar-refractivity contribution in [2.24, 2.45) is 0 Å². The topological polar surface area (TPSA) is 73.9 Å². The van der Waals surface area contributed by atoms with Crippen LogP contribution in [0.4, 0.5) is 0 Å². The van der Waals surface area contributed by atoms with E-state index < -0.39 is 17.3 Å². The molecular formula is C22H27NO5S. The van der Waals surface area contributed by atoms with E-state index in [9.17, 15) is 9.59 Å². The average Bonchev–Trinajstić information content (AvgIpc) is 2.73. The molecule has 0 unspecified atom stereocenters. The van der Waals surface area contributed by atoms with Crippen LogP contribution in [0, 0.1) is 6.92 Å². The third-order valence-corrected chi connectivity index (χ3v) is 5.33. The molecule has 0 saturated carbocycles. The number of hydrogen-bond donors (Lipinski definition) is 1. The molecule has 2 aromatic rings. The van der Waals surface area contributed by atoms with Crippen LogP contribution in [0.5, 0.6) is 11.5 Å². The van der Waals surface area contributed by atoms with Gasteiger partial charge in [-0.1, -0.05) is 23.8 Å². The van der Waals surface area contributed by atoms with E-state index >= 15 is 0 Å². The van der Waals surface area contributed by atoms with Crippen LogP contribution in [0.1, 0.15) is 25.0 Å². The van der Waals surface area contributed by atoms with E-state index in [1.165, 1.54) is 11.8 Å². The summed E-state index contributed by atoms with van der Waals surface area (Å²) in [5, 5.41) is 2.35. The molecule has 0 aliphatic carbocycles. The highest BCUT2D eigenvalue weighted by molar-refractivity contribution is 8.00. The number of aryl methyl sites for hydroxylation is 1. The molecule has 1 amide bonds. The number of esters is 1. The molecule has 0 spiro atoms. The predicted molar refractivity (Wildman–Crippen MR) is 113 cm³/mol. The van der Waals surface area contributed by atoms with Gasteiger partial charge in [-0.2, -0.15) is 0 Å². The fourth-order valence-electron chi connectivity index (χ4n) is 2.52. The molecule has 0 aliphatic heterocycles. The molecule has 0 saturated heterocycles. The van der Waals surface area contributed by atoms with E-state index in [0.717, 1.165) is 16.0 Å². The van der Waals surface area contributed by atoms with Crippen molar-refractivity contribution in [1.82, 2.24) is 5.32 Å². The normalized spacial score (nSPS) is 12.6. The highest BCUT2D eigenvalue weighted by Crippen LogP contribution is 2.27. The second-order valence-corrected chi connectivity index (χ2v) is 7.97. The molecule has 2 atom stereocenters. The summed E-state index contributed by atoms with van der Waals surface area (Å²) in [5.41, 5.74) is 2.00. The lowest BCUT2D eigenvalue weighted by atomic mass is 10.2. The van der Waals surface area contributed by atoms with E-state index in [1.54, 1.807) is 40.2 Å². The number of carbonyl (C=O) groups is 2. The van der Waals surface area contributed by atoms with Crippen molar-refractivity contribution in [3.63, 3.8) is 0 Å². The van der Waals surface area contributed by atoms with Crippen molar-refractivity contribution in [3.05, 3.63) is 53.6 Å². The van der Waals surface area contributed by atoms with Gasteiger partial charge >= 0.3 is 5.97 Å². The van der Waals surface area contributed by atoms with Crippen molar-refractivity contribution < 1.29 is 23.8 Å². The summed E-state index contributed by atoms with van der Waals surface area (Å²) in [6, 6.07) is 13.3. The number of amides is 1. The molecule has 0 bridgehead atoms. The largest absolute Gasteiger partial charge is 0.493 e. The summed E-state index contributed by atoms with van der Waals surface area (Å²) in [6.45, 7) is 5.62. The standard InChI is InChI=1S/C22H27NO5S/c1-14-6-9-18(10-7-14)29-16(3)22(25)28-15(2)21(24)23-13-17-8-11-19(26-4)20(12-17)27-5/h6-12,15-16H,13H2,1-5H3,(H,23,24)/t15-,16-/m1/s1. The van der Waals surface area contributed by atoms with Crippen LogP contribution in [0.2, 0.25) is 0 Å². The Morgan fingerprint density at radius 1 is 1.00 bits per heavy atom. The first-order chi connectivity index (χ1) is 13.8. The van der Waals surface area contributed by atoms with Crippen molar-refractivity contribution in [1.29, 1.82) is 0 Å². The van der Waals surface area contributed by atoms with Gasteiger partial charge in [-0.25, -0.2) is 0 Å². The Morgan fingerprint density at radius 3 is 2.28 bits per heavy atom. The van der Waals surface area contributed by atoms with Gasteiger partial charge in [0, 0.05) is 11.4 Å². The Balaban J connectivity index is 1.84. The minimum absolute atomic E-state index is 0.286. The zero-order valence-corrected chi connectivity index (χ0v) is 18.2. The van der Waals surface area contributed by atoms with E-state index in [2.05, 4.69) is 5.32 Å².